The maximum Gasteiger partial charge on any atom is 0.336 e. The molecule has 0 aliphatic heterocycles. The molecule has 3 unspecified atom stereocenters. The fourth-order valence-corrected chi connectivity index (χ4v) is 6.61. The maximum absolute atomic E-state index is 15.8. The van der Waals surface area contributed by atoms with E-state index in [-0.39, 0.29) is 0 Å². The van der Waals surface area contributed by atoms with Gasteiger partial charge in [-0.25, -0.2) is 14.4 Å². The van der Waals surface area contributed by atoms with Crippen molar-refractivity contribution in [2.24, 2.45) is 20.9 Å². The van der Waals surface area contributed by atoms with Crippen LogP contribution < -0.4 is 0 Å². The molecule has 3 rings (SSSR count). The van der Waals surface area contributed by atoms with E-state index < -0.39 is 116 Å². The summed E-state index contributed by atoms with van der Waals surface area (Å²) in [6, 6.07) is 0. The van der Waals surface area contributed by atoms with Crippen molar-refractivity contribution in [1.82, 2.24) is 0 Å². The molecule has 40 heavy (non-hydrogen) atoms. The van der Waals surface area contributed by atoms with Crippen molar-refractivity contribution < 1.29 is 67.1 Å². The third-order valence-electron chi connectivity index (χ3n) is 8.32. The van der Waals surface area contributed by atoms with Gasteiger partial charge in [-0.05, 0) is 38.5 Å². The molecule has 3 fully saturated rings. The first-order valence-corrected chi connectivity index (χ1v) is 11.7. The molecule has 0 aromatic carbocycles. The number of carbonyl (C=O) groups excluding carboxylic acids is 3. The minimum absolute atomic E-state index is 0.362. The molecule has 0 aromatic heterocycles. The summed E-state index contributed by atoms with van der Waals surface area (Å²) < 4.78 is 183. The summed E-state index contributed by atoms with van der Waals surface area (Å²) in [5.74, 6) is -38.4. The summed E-state index contributed by atoms with van der Waals surface area (Å²) in [4.78, 5) is 41.7. The van der Waals surface area contributed by atoms with E-state index in [4.69, 9.17) is 0 Å². The first-order chi connectivity index (χ1) is 18.2. The molecule has 6 nitrogen and oxygen atoms in total. The average molecular weight is 601 g/mol. The van der Waals surface area contributed by atoms with E-state index in [1.54, 1.807) is 0 Å². The SMILES string of the molecule is O=C=NC1(C(C2(N=C=O)CCCC(F)(F)C2(F)F)C2(N=C=O)CCCC(F)(F)C2(F)F)CCCC(F)(F)C1(F)F. The molecule has 224 valence electrons. The van der Waals surface area contributed by atoms with Gasteiger partial charge in [0.1, 0.15) is 0 Å². The standard InChI is InChI=1S/C22H19F12N3O3/c23-17(24)7-1-4-14(35-10-38,20(17,29)30)13(15(36-11-39)5-2-8-18(25,26)21(15,31)32)16(37-12-40)6-3-9-19(27,28)22(16,33)34/h13H,1-9H2. The normalized spacial score (nSPS) is 37.5. The number of isocyanates is 3. The quantitative estimate of drug-likeness (QED) is 0.207. The van der Waals surface area contributed by atoms with Crippen molar-refractivity contribution in [3.8, 4) is 0 Å². The number of alkyl halides is 12. The Kier molecular flexibility index (Phi) is 7.49. The van der Waals surface area contributed by atoms with Gasteiger partial charge in [0.15, 0.2) is 16.6 Å². The molecule has 3 saturated carbocycles. The summed E-state index contributed by atoms with van der Waals surface area (Å²) in [6.07, 6.45) is -13.1. The molecule has 0 radical (unpaired) electrons. The predicted octanol–water partition coefficient (Wildman–Crippen LogP) is 6.19. The first-order valence-electron chi connectivity index (χ1n) is 11.7. The molecule has 3 aliphatic rings. The fraction of sp³-hybridized carbons (Fsp3) is 0.864. The molecular weight excluding hydrogens is 582 g/mol. The Balaban J connectivity index is 2.70. The molecular formula is C22H19F12N3O3. The lowest BCUT2D eigenvalue weighted by molar-refractivity contribution is -0.339. The minimum Gasteiger partial charge on any atom is -0.211 e. The van der Waals surface area contributed by atoms with Gasteiger partial charge in [-0.1, -0.05) is 0 Å². The highest BCUT2D eigenvalue weighted by Gasteiger charge is 2.89. The molecule has 0 heterocycles. The molecule has 3 atom stereocenters. The number of halogens is 12. The highest BCUT2D eigenvalue weighted by atomic mass is 19.3. The number of hydrogen-bond acceptors (Lipinski definition) is 6. The summed E-state index contributed by atoms with van der Waals surface area (Å²) in [7, 11) is 0. The molecule has 0 amide bonds. The van der Waals surface area contributed by atoms with Crippen LogP contribution in [0.25, 0.3) is 0 Å². The van der Waals surface area contributed by atoms with Crippen molar-refractivity contribution >= 4 is 18.2 Å². The highest BCUT2D eigenvalue weighted by molar-refractivity contribution is 5.45. The van der Waals surface area contributed by atoms with Crippen LogP contribution in [0.4, 0.5) is 52.7 Å². The number of hydrogen-bond donors (Lipinski definition) is 0. The van der Waals surface area contributed by atoms with E-state index in [2.05, 4.69) is 15.0 Å². The van der Waals surface area contributed by atoms with Crippen LogP contribution in [0.1, 0.15) is 57.8 Å². The Bertz CT molecular complexity index is 1030. The summed E-state index contributed by atoms with van der Waals surface area (Å²) >= 11 is 0. The lowest BCUT2D eigenvalue weighted by Gasteiger charge is -2.61. The van der Waals surface area contributed by atoms with Gasteiger partial charge < -0.3 is 0 Å². The molecule has 3 aliphatic carbocycles. The van der Waals surface area contributed by atoms with E-state index in [9.17, 15) is 40.7 Å². The number of nitrogens with zero attached hydrogens (tertiary/aromatic N) is 3. The van der Waals surface area contributed by atoms with Crippen LogP contribution in [0.3, 0.4) is 0 Å². The Morgan fingerprint density at radius 1 is 0.425 bits per heavy atom. The van der Waals surface area contributed by atoms with Crippen LogP contribution in [0, 0.1) is 5.92 Å². The zero-order chi connectivity index (χ0) is 30.7. The second kappa shape index (κ2) is 9.42. The zero-order valence-corrected chi connectivity index (χ0v) is 20.0. The topological polar surface area (TPSA) is 88.3 Å². The fourth-order valence-electron chi connectivity index (χ4n) is 6.61. The van der Waals surface area contributed by atoms with Gasteiger partial charge in [0.2, 0.25) is 18.2 Å². The van der Waals surface area contributed by atoms with Crippen LogP contribution in [-0.2, 0) is 14.4 Å². The zero-order valence-electron chi connectivity index (χ0n) is 20.0. The van der Waals surface area contributed by atoms with Gasteiger partial charge in [-0.15, -0.1) is 0 Å². The molecule has 0 spiro atoms. The van der Waals surface area contributed by atoms with Gasteiger partial charge in [0, 0.05) is 19.3 Å². The van der Waals surface area contributed by atoms with Crippen LogP contribution in [0.2, 0.25) is 0 Å². The molecule has 0 N–H and O–H groups in total. The van der Waals surface area contributed by atoms with E-state index in [0.29, 0.717) is 18.2 Å². The second-order valence-electron chi connectivity index (χ2n) is 10.2. The van der Waals surface area contributed by atoms with Crippen molar-refractivity contribution in [3.05, 3.63) is 0 Å². The molecule has 18 heteroatoms. The van der Waals surface area contributed by atoms with Crippen molar-refractivity contribution in [3.63, 3.8) is 0 Å². The van der Waals surface area contributed by atoms with E-state index in [0.717, 1.165) is 0 Å². The van der Waals surface area contributed by atoms with Gasteiger partial charge in [0.25, 0.3) is 0 Å². The highest BCUT2D eigenvalue weighted by Crippen LogP contribution is 2.70. The Labute approximate surface area is 217 Å². The van der Waals surface area contributed by atoms with E-state index >= 15 is 26.3 Å². The van der Waals surface area contributed by atoms with Crippen molar-refractivity contribution in [2.75, 3.05) is 0 Å². The first kappa shape index (κ1) is 31.8. The van der Waals surface area contributed by atoms with Crippen LogP contribution in [-0.4, -0.2) is 70.4 Å². The minimum atomic E-state index is -6.00. The van der Waals surface area contributed by atoms with Crippen molar-refractivity contribution in [2.45, 2.75) is 110 Å². The summed E-state index contributed by atoms with van der Waals surface area (Å²) in [6.45, 7) is 0. The summed E-state index contributed by atoms with van der Waals surface area (Å²) in [5, 5.41) is 0. The summed E-state index contributed by atoms with van der Waals surface area (Å²) in [5.41, 5.74) is -14.1. The van der Waals surface area contributed by atoms with Gasteiger partial charge in [-0.3, -0.25) is 0 Å². The Morgan fingerprint density at radius 2 is 0.650 bits per heavy atom. The van der Waals surface area contributed by atoms with Gasteiger partial charge in [-0.2, -0.15) is 67.7 Å². The van der Waals surface area contributed by atoms with E-state index in [1.165, 1.54) is 0 Å². The largest absolute Gasteiger partial charge is 0.336 e. The number of rotatable bonds is 6. The monoisotopic (exact) mass is 601 g/mol. The molecule has 0 aromatic rings. The third kappa shape index (κ3) is 3.75. The van der Waals surface area contributed by atoms with Crippen molar-refractivity contribution in [1.29, 1.82) is 0 Å². The predicted molar refractivity (Wildman–Crippen MR) is 107 cm³/mol. The maximum atomic E-state index is 15.8. The smallest absolute Gasteiger partial charge is 0.211 e. The average Bonchev–Trinajstić information content (AvgIpc) is 2.80. The molecule has 0 bridgehead atoms. The number of aliphatic imine (C=N–C) groups is 3. The Morgan fingerprint density at radius 3 is 0.850 bits per heavy atom. The van der Waals surface area contributed by atoms with E-state index in [1.807, 2.05) is 0 Å². The van der Waals surface area contributed by atoms with Gasteiger partial charge in [0.05, 0.1) is 5.92 Å². The lowest BCUT2D eigenvalue weighted by atomic mass is 9.48. The van der Waals surface area contributed by atoms with Crippen LogP contribution >= 0.6 is 0 Å². The van der Waals surface area contributed by atoms with Crippen LogP contribution in [0.15, 0.2) is 15.0 Å². The third-order valence-corrected chi connectivity index (χ3v) is 8.32. The second-order valence-corrected chi connectivity index (χ2v) is 10.2. The molecule has 0 saturated heterocycles. The lowest BCUT2D eigenvalue weighted by Crippen LogP contribution is -2.81. The van der Waals surface area contributed by atoms with Crippen LogP contribution in [0.5, 0.6) is 0 Å². The Hall–Kier alpha value is -2.70. The van der Waals surface area contributed by atoms with Gasteiger partial charge >= 0.3 is 35.5 Å².